The van der Waals surface area contributed by atoms with E-state index in [0.717, 1.165) is 64.2 Å². The van der Waals surface area contributed by atoms with Crippen LogP contribution in [0.4, 0.5) is 0 Å². The summed E-state index contributed by atoms with van der Waals surface area (Å²) in [7, 11) is 0. The van der Waals surface area contributed by atoms with Crippen LogP contribution in [0, 0.1) is 0 Å². The van der Waals surface area contributed by atoms with Crippen LogP contribution in [0.15, 0.2) is 0 Å². The second-order valence-electron chi connectivity index (χ2n) is 18.5. The lowest BCUT2D eigenvalue weighted by atomic mass is 10.0. The first-order valence-electron chi connectivity index (χ1n) is 27.0. The monoisotopic (exact) mass is 849 g/mol. The summed E-state index contributed by atoms with van der Waals surface area (Å²) in [6, 6.07) is 0. The Morgan fingerprint density at radius 1 is 0.267 bits per heavy atom. The van der Waals surface area contributed by atoms with Gasteiger partial charge in [-0.3, -0.25) is 14.4 Å². The molecule has 60 heavy (non-hydrogen) atoms. The summed E-state index contributed by atoms with van der Waals surface area (Å²) in [5.74, 6) is -0.855. The van der Waals surface area contributed by atoms with E-state index < -0.39 is 6.10 Å². The number of ether oxygens (including phenoxy) is 3. The van der Waals surface area contributed by atoms with Crippen LogP contribution in [0.5, 0.6) is 0 Å². The van der Waals surface area contributed by atoms with Crippen LogP contribution >= 0.6 is 0 Å². The molecule has 0 rings (SSSR count). The lowest BCUT2D eigenvalue weighted by Gasteiger charge is -2.18. The zero-order valence-electron chi connectivity index (χ0n) is 40.8. The van der Waals surface area contributed by atoms with E-state index in [0.29, 0.717) is 19.3 Å². The lowest BCUT2D eigenvalue weighted by molar-refractivity contribution is -0.167. The van der Waals surface area contributed by atoms with Gasteiger partial charge in [-0.1, -0.05) is 271 Å². The van der Waals surface area contributed by atoms with Crippen LogP contribution in [0.3, 0.4) is 0 Å². The number of carbonyl (C=O) groups excluding carboxylic acids is 3. The van der Waals surface area contributed by atoms with Gasteiger partial charge in [-0.25, -0.2) is 0 Å². The van der Waals surface area contributed by atoms with E-state index in [4.69, 9.17) is 14.2 Å². The number of esters is 3. The van der Waals surface area contributed by atoms with Gasteiger partial charge in [-0.15, -0.1) is 0 Å². The molecular weight excluding hydrogens is 745 g/mol. The molecule has 0 fully saturated rings. The molecule has 0 aromatic heterocycles. The van der Waals surface area contributed by atoms with E-state index in [9.17, 15) is 14.4 Å². The molecule has 1 unspecified atom stereocenters. The van der Waals surface area contributed by atoms with E-state index in [1.54, 1.807) is 0 Å². The molecule has 1 atom stereocenters. The highest BCUT2D eigenvalue weighted by Gasteiger charge is 2.19. The first kappa shape index (κ1) is 58.4. The van der Waals surface area contributed by atoms with Gasteiger partial charge in [0.05, 0.1) is 0 Å². The summed E-state index contributed by atoms with van der Waals surface area (Å²) in [5, 5.41) is 0. The van der Waals surface area contributed by atoms with Crippen LogP contribution in [-0.4, -0.2) is 37.2 Å². The maximum Gasteiger partial charge on any atom is 0.306 e. The molecule has 356 valence electrons. The average Bonchev–Trinajstić information content (AvgIpc) is 3.24. The minimum Gasteiger partial charge on any atom is -0.462 e. The first-order valence-corrected chi connectivity index (χ1v) is 27.0. The molecule has 6 heteroatoms. The SMILES string of the molecule is CCCCCCCCCCCCCCCCCCCCCCCC(=O)OCC(COC(=O)CCCCCCC)OC(=O)CCCCCCCCCCCCCCCCCC. The van der Waals surface area contributed by atoms with E-state index in [2.05, 4.69) is 20.8 Å². The Balaban J connectivity index is 4.05. The van der Waals surface area contributed by atoms with Crippen molar-refractivity contribution < 1.29 is 28.6 Å². The van der Waals surface area contributed by atoms with Crippen molar-refractivity contribution >= 4 is 17.9 Å². The van der Waals surface area contributed by atoms with Crippen LogP contribution < -0.4 is 0 Å². The summed E-state index contributed by atoms with van der Waals surface area (Å²) in [4.78, 5) is 37.7. The van der Waals surface area contributed by atoms with Crippen molar-refractivity contribution in [3.8, 4) is 0 Å². The van der Waals surface area contributed by atoms with Gasteiger partial charge in [0.2, 0.25) is 0 Å². The Labute approximate surface area is 374 Å². The van der Waals surface area contributed by atoms with Gasteiger partial charge < -0.3 is 14.2 Å². The third kappa shape index (κ3) is 47.5. The van der Waals surface area contributed by atoms with Crippen molar-refractivity contribution in [3.05, 3.63) is 0 Å². The quantitative estimate of drug-likeness (QED) is 0.0345. The summed E-state index contributed by atoms with van der Waals surface area (Å²) < 4.78 is 16.7. The maximum absolute atomic E-state index is 12.7. The molecule has 0 N–H and O–H groups in total. The molecule has 0 aliphatic heterocycles. The van der Waals surface area contributed by atoms with Crippen molar-refractivity contribution in [3.63, 3.8) is 0 Å². The Kier molecular flexibility index (Phi) is 48.7. The number of rotatable bonds is 50. The molecule has 0 spiro atoms. The topological polar surface area (TPSA) is 78.9 Å². The Morgan fingerprint density at radius 3 is 0.667 bits per heavy atom. The zero-order chi connectivity index (χ0) is 43.7. The largest absolute Gasteiger partial charge is 0.462 e. The third-order valence-corrected chi connectivity index (χ3v) is 12.4. The molecule has 0 aliphatic rings. The minimum atomic E-state index is -0.758. The minimum absolute atomic E-state index is 0.0629. The summed E-state index contributed by atoms with van der Waals surface area (Å²) in [6.45, 7) is 6.61. The van der Waals surface area contributed by atoms with Gasteiger partial charge in [0.15, 0.2) is 6.10 Å². The summed E-state index contributed by atoms with van der Waals surface area (Å²) >= 11 is 0. The van der Waals surface area contributed by atoms with Crippen LogP contribution in [0.25, 0.3) is 0 Å². The van der Waals surface area contributed by atoms with E-state index >= 15 is 0 Å². The first-order chi connectivity index (χ1) is 29.5. The highest BCUT2D eigenvalue weighted by atomic mass is 16.6. The van der Waals surface area contributed by atoms with Crippen molar-refractivity contribution in [1.82, 2.24) is 0 Å². The van der Waals surface area contributed by atoms with Crippen molar-refractivity contribution in [2.24, 2.45) is 0 Å². The van der Waals surface area contributed by atoms with E-state index in [-0.39, 0.29) is 31.1 Å². The Hall–Kier alpha value is -1.59. The van der Waals surface area contributed by atoms with Crippen molar-refractivity contribution in [1.29, 1.82) is 0 Å². The van der Waals surface area contributed by atoms with Gasteiger partial charge in [-0.2, -0.15) is 0 Å². The molecule has 0 aromatic carbocycles. The molecule has 0 saturated carbocycles. The molecule has 0 amide bonds. The molecular formula is C54H104O6. The fourth-order valence-electron chi connectivity index (χ4n) is 8.27. The predicted octanol–water partition coefficient (Wildman–Crippen LogP) is 17.6. The van der Waals surface area contributed by atoms with Crippen molar-refractivity contribution in [2.75, 3.05) is 13.2 Å². The normalized spacial score (nSPS) is 11.8. The van der Waals surface area contributed by atoms with Crippen LogP contribution in [-0.2, 0) is 28.6 Å². The highest BCUT2D eigenvalue weighted by molar-refractivity contribution is 5.71. The molecule has 0 radical (unpaired) electrons. The highest BCUT2D eigenvalue weighted by Crippen LogP contribution is 2.17. The maximum atomic E-state index is 12.7. The Bertz CT molecular complexity index is 889. The standard InChI is InChI=1S/C54H104O6/c1-4-7-10-13-15-17-19-21-23-25-26-27-28-29-31-32-34-36-38-41-44-47-53(56)59-50-51(49-58-52(55)46-43-40-12-9-6-3)60-54(57)48-45-42-39-37-35-33-30-24-22-20-18-16-14-11-8-5-2/h51H,4-50H2,1-3H3. The van der Waals surface area contributed by atoms with E-state index in [1.165, 1.54) is 205 Å². The second-order valence-corrected chi connectivity index (χ2v) is 18.5. The summed E-state index contributed by atoms with van der Waals surface area (Å²) in [5.41, 5.74) is 0. The fourth-order valence-corrected chi connectivity index (χ4v) is 8.27. The van der Waals surface area contributed by atoms with Crippen LogP contribution in [0.1, 0.15) is 310 Å². The molecule has 0 aromatic rings. The predicted molar refractivity (Wildman–Crippen MR) is 257 cm³/mol. The molecule has 0 aliphatic carbocycles. The smallest absolute Gasteiger partial charge is 0.306 e. The van der Waals surface area contributed by atoms with E-state index in [1.807, 2.05) is 0 Å². The number of hydrogen-bond donors (Lipinski definition) is 0. The fraction of sp³-hybridized carbons (Fsp3) is 0.944. The average molecular weight is 849 g/mol. The number of unbranched alkanes of at least 4 members (excludes halogenated alkanes) is 39. The molecule has 0 saturated heterocycles. The molecule has 6 nitrogen and oxygen atoms in total. The van der Waals surface area contributed by atoms with Crippen molar-refractivity contribution in [2.45, 2.75) is 316 Å². The van der Waals surface area contributed by atoms with Crippen LogP contribution in [0.2, 0.25) is 0 Å². The van der Waals surface area contributed by atoms with Gasteiger partial charge in [-0.05, 0) is 19.3 Å². The molecule has 0 bridgehead atoms. The Morgan fingerprint density at radius 2 is 0.450 bits per heavy atom. The summed E-state index contributed by atoms with van der Waals surface area (Å²) in [6.07, 6.45) is 54.2. The number of hydrogen-bond acceptors (Lipinski definition) is 6. The van der Waals surface area contributed by atoms with Gasteiger partial charge in [0.25, 0.3) is 0 Å². The lowest BCUT2D eigenvalue weighted by Crippen LogP contribution is -2.30. The van der Waals surface area contributed by atoms with Gasteiger partial charge >= 0.3 is 17.9 Å². The second kappa shape index (κ2) is 50.1. The third-order valence-electron chi connectivity index (χ3n) is 12.4. The van der Waals surface area contributed by atoms with Gasteiger partial charge in [0, 0.05) is 19.3 Å². The molecule has 0 heterocycles. The number of carbonyl (C=O) groups is 3. The van der Waals surface area contributed by atoms with Gasteiger partial charge in [0.1, 0.15) is 13.2 Å². The zero-order valence-corrected chi connectivity index (χ0v) is 40.8.